The third-order valence-corrected chi connectivity index (χ3v) is 3.68. The van der Waals surface area contributed by atoms with Crippen LogP contribution in [0.15, 0.2) is 16.5 Å². The fourth-order valence-electron chi connectivity index (χ4n) is 2.57. The Kier molecular flexibility index (Phi) is 5.19. The Balaban J connectivity index is 1.72. The van der Waals surface area contributed by atoms with E-state index in [2.05, 4.69) is 5.32 Å². The summed E-state index contributed by atoms with van der Waals surface area (Å²) in [5, 5.41) is 12.1. The Morgan fingerprint density at radius 3 is 2.80 bits per heavy atom. The number of hydrogen-bond acceptors (Lipinski definition) is 5. The van der Waals surface area contributed by atoms with E-state index >= 15 is 0 Å². The summed E-state index contributed by atoms with van der Waals surface area (Å²) < 4.78 is 10.4. The van der Waals surface area contributed by atoms with Crippen molar-refractivity contribution in [3.63, 3.8) is 0 Å². The maximum absolute atomic E-state index is 11.6. The van der Waals surface area contributed by atoms with E-state index < -0.39 is 0 Å². The van der Waals surface area contributed by atoms with Gasteiger partial charge >= 0.3 is 5.97 Å². The SMILES string of the molecule is CCOC(=O)C1CCC(NCc2ccc(C#N)o2)CC1. The summed E-state index contributed by atoms with van der Waals surface area (Å²) in [6.45, 7) is 2.91. The van der Waals surface area contributed by atoms with Gasteiger partial charge in [-0.15, -0.1) is 0 Å². The number of ether oxygens (including phenoxy) is 1. The summed E-state index contributed by atoms with van der Waals surface area (Å²) in [5.41, 5.74) is 0. The predicted octanol–water partition coefficient (Wildman–Crippen LogP) is 2.36. The number of nitrogens with zero attached hydrogens (tertiary/aromatic N) is 1. The lowest BCUT2D eigenvalue weighted by molar-refractivity contribution is -0.149. The van der Waals surface area contributed by atoms with Crippen LogP contribution in [0.2, 0.25) is 0 Å². The predicted molar refractivity (Wildman–Crippen MR) is 72.6 cm³/mol. The molecule has 0 bridgehead atoms. The highest BCUT2D eigenvalue weighted by Crippen LogP contribution is 2.25. The molecular weight excluding hydrogens is 256 g/mol. The van der Waals surface area contributed by atoms with Crippen molar-refractivity contribution in [1.29, 1.82) is 5.26 Å². The highest BCUT2D eigenvalue weighted by atomic mass is 16.5. The van der Waals surface area contributed by atoms with Crippen LogP contribution in [0.25, 0.3) is 0 Å². The molecule has 0 aromatic carbocycles. The first-order valence-electron chi connectivity index (χ1n) is 7.11. The third kappa shape index (κ3) is 3.84. The number of nitriles is 1. The molecule has 2 rings (SSSR count). The quantitative estimate of drug-likeness (QED) is 0.835. The van der Waals surface area contributed by atoms with Crippen LogP contribution < -0.4 is 5.32 Å². The number of hydrogen-bond donors (Lipinski definition) is 1. The monoisotopic (exact) mass is 276 g/mol. The molecule has 1 aromatic heterocycles. The van der Waals surface area contributed by atoms with Gasteiger partial charge in [-0.05, 0) is 44.7 Å². The molecule has 0 aliphatic heterocycles. The van der Waals surface area contributed by atoms with Crippen molar-refractivity contribution in [1.82, 2.24) is 5.32 Å². The van der Waals surface area contributed by atoms with Gasteiger partial charge in [-0.1, -0.05) is 0 Å². The third-order valence-electron chi connectivity index (χ3n) is 3.68. The summed E-state index contributed by atoms with van der Waals surface area (Å²) in [7, 11) is 0. The Hall–Kier alpha value is -1.80. The van der Waals surface area contributed by atoms with E-state index in [9.17, 15) is 4.79 Å². The molecule has 1 aliphatic carbocycles. The lowest BCUT2D eigenvalue weighted by atomic mass is 9.86. The molecule has 5 heteroatoms. The maximum Gasteiger partial charge on any atom is 0.308 e. The van der Waals surface area contributed by atoms with Gasteiger partial charge < -0.3 is 14.5 Å². The molecule has 1 aromatic rings. The molecule has 0 atom stereocenters. The zero-order valence-electron chi connectivity index (χ0n) is 11.7. The van der Waals surface area contributed by atoms with Crippen LogP contribution in [0.1, 0.15) is 44.1 Å². The van der Waals surface area contributed by atoms with Crippen LogP contribution in [-0.4, -0.2) is 18.6 Å². The minimum atomic E-state index is -0.0596. The minimum absolute atomic E-state index is 0.0572. The minimum Gasteiger partial charge on any atom is -0.466 e. The lowest BCUT2D eigenvalue weighted by Gasteiger charge is -2.27. The number of rotatable bonds is 5. The van der Waals surface area contributed by atoms with Crippen molar-refractivity contribution in [3.8, 4) is 6.07 Å². The average Bonchev–Trinajstić information content (AvgIpc) is 2.94. The Bertz CT molecular complexity index is 482. The molecule has 1 N–H and O–H groups in total. The van der Waals surface area contributed by atoms with E-state index in [1.165, 1.54) is 0 Å². The van der Waals surface area contributed by atoms with Crippen molar-refractivity contribution in [2.45, 2.75) is 45.2 Å². The summed E-state index contributed by atoms with van der Waals surface area (Å²) in [5.74, 6) is 1.11. The van der Waals surface area contributed by atoms with Gasteiger partial charge in [0.25, 0.3) is 0 Å². The lowest BCUT2D eigenvalue weighted by Crippen LogP contribution is -2.35. The summed E-state index contributed by atoms with van der Waals surface area (Å²) in [6, 6.07) is 5.86. The Morgan fingerprint density at radius 1 is 1.45 bits per heavy atom. The van der Waals surface area contributed by atoms with Gasteiger partial charge in [-0.2, -0.15) is 5.26 Å². The van der Waals surface area contributed by atoms with E-state index in [1.807, 2.05) is 19.1 Å². The average molecular weight is 276 g/mol. The van der Waals surface area contributed by atoms with Crippen molar-refractivity contribution >= 4 is 5.97 Å². The molecule has 0 saturated heterocycles. The summed E-state index contributed by atoms with van der Waals surface area (Å²) in [4.78, 5) is 11.6. The number of carbonyl (C=O) groups excluding carboxylic acids is 1. The molecule has 0 spiro atoms. The smallest absolute Gasteiger partial charge is 0.308 e. The van der Waals surface area contributed by atoms with Crippen molar-refractivity contribution in [2.24, 2.45) is 5.92 Å². The van der Waals surface area contributed by atoms with Gasteiger partial charge in [0.15, 0.2) is 0 Å². The molecule has 5 nitrogen and oxygen atoms in total. The highest BCUT2D eigenvalue weighted by molar-refractivity contribution is 5.72. The van der Waals surface area contributed by atoms with Crippen molar-refractivity contribution in [2.75, 3.05) is 6.61 Å². The van der Waals surface area contributed by atoms with E-state index in [0.29, 0.717) is 25.0 Å². The van der Waals surface area contributed by atoms with E-state index in [1.54, 1.807) is 6.07 Å². The molecule has 1 saturated carbocycles. The maximum atomic E-state index is 11.6. The first-order valence-corrected chi connectivity index (χ1v) is 7.11. The zero-order valence-corrected chi connectivity index (χ0v) is 11.7. The molecule has 0 unspecified atom stereocenters. The molecule has 1 fully saturated rings. The zero-order chi connectivity index (χ0) is 14.4. The second-order valence-corrected chi connectivity index (χ2v) is 5.06. The second-order valence-electron chi connectivity index (χ2n) is 5.06. The number of furan rings is 1. The second kappa shape index (κ2) is 7.11. The van der Waals surface area contributed by atoms with Gasteiger partial charge in [-0.3, -0.25) is 4.79 Å². The van der Waals surface area contributed by atoms with Crippen LogP contribution in [-0.2, 0) is 16.1 Å². The standard InChI is InChI=1S/C15H20N2O3/c1-2-19-15(18)11-3-5-12(6-4-11)17-10-14-8-7-13(9-16)20-14/h7-8,11-12,17H,2-6,10H2,1H3. The van der Waals surface area contributed by atoms with Crippen LogP contribution in [0.4, 0.5) is 0 Å². The van der Waals surface area contributed by atoms with Crippen LogP contribution in [0.5, 0.6) is 0 Å². The van der Waals surface area contributed by atoms with E-state index in [0.717, 1.165) is 31.4 Å². The Morgan fingerprint density at radius 2 is 2.20 bits per heavy atom. The van der Waals surface area contributed by atoms with Gasteiger partial charge in [-0.25, -0.2) is 0 Å². The van der Waals surface area contributed by atoms with Crippen LogP contribution in [0, 0.1) is 17.2 Å². The molecule has 1 aliphatic rings. The molecule has 1 heterocycles. The van der Waals surface area contributed by atoms with Crippen molar-refractivity contribution < 1.29 is 13.9 Å². The topological polar surface area (TPSA) is 75.3 Å². The van der Waals surface area contributed by atoms with Crippen LogP contribution >= 0.6 is 0 Å². The largest absolute Gasteiger partial charge is 0.466 e. The highest BCUT2D eigenvalue weighted by Gasteiger charge is 2.26. The first kappa shape index (κ1) is 14.6. The van der Waals surface area contributed by atoms with Gasteiger partial charge in [0.2, 0.25) is 5.76 Å². The number of carbonyl (C=O) groups is 1. The summed E-state index contributed by atoms with van der Waals surface area (Å²) in [6.07, 6.45) is 3.68. The molecule has 108 valence electrons. The molecular formula is C15H20N2O3. The van der Waals surface area contributed by atoms with Crippen molar-refractivity contribution in [3.05, 3.63) is 23.7 Å². The first-order chi connectivity index (χ1) is 9.72. The normalized spacial score (nSPS) is 22.2. The van der Waals surface area contributed by atoms with E-state index in [4.69, 9.17) is 14.4 Å². The fraction of sp³-hybridized carbons (Fsp3) is 0.600. The van der Waals surface area contributed by atoms with E-state index in [-0.39, 0.29) is 11.9 Å². The molecule has 0 radical (unpaired) electrons. The summed E-state index contributed by atoms with van der Waals surface area (Å²) >= 11 is 0. The molecule has 0 amide bonds. The molecule has 20 heavy (non-hydrogen) atoms. The number of nitrogens with one attached hydrogen (secondary N) is 1. The van der Waals surface area contributed by atoms with Gasteiger partial charge in [0.1, 0.15) is 11.8 Å². The van der Waals surface area contributed by atoms with Gasteiger partial charge in [0.05, 0.1) is 19.1 Å². The van der Waals surface area contributed by atoms with Crippen LogP contribution in [0.3, 0.4) is 0 Å². The number of esters is 1. The fourth-order valence-corrected chi connectivity index (χ4v) is 2.57. The Labute approximate surface area is 118 Å². The van der Waals surface area contributed by atoms with Gasteiger partial charge in [0, 0.05) is 6.04 Å².